The summed E-state index contributed by atoms with van der Waals surface area (Å²) in [6.07, 6.45) is 4.63. The summed E-state index contributed by atoms with van der Waals surface area (Å²) in [5.74, 6) is -1.06. The molecule has 0 aromatic heterocycles. The van der Waals surface area contributed by atoms with Gasteiger partial charge in [-0.25, -0.2) is 0 Å². The van der Waals surface area contributed by atoms with Gasteiger partial charge < -0.3 is 15.2 Å². The first-order valence-corrected chi connectivity index (χ1v) is 7.65. The molecule has 0 heterocycles. The number of benzene rings is 1. The molecule has 1 aromatic carbocycles. The first-order valence-electron chi connectivity index (χ1n) is 7.65. The molecule has 0 spiro atoms. The molecule has 1 fully saturated rings. The van der Waals surface area contributed by atoms with Gasteiger partial charge >= 0.3 is 5.97 Å². The molecular weight excluding hydrogens is 282 g/mol. The summed E-state index contributed by atoms with van der Waals surface area (Å²) in [4.78, 5) is 23.0. The van der Waals surface area contributed by atoms with Crippen LogP contribution in [-0.2, 0) is 19.7 Å². The van der Waals surface area contributed by atoms with Gasteiger partial charge in [-0.05, 0) is 44.4 Å². The van der Waals surface area contributed by atoms with Gasteiger partial charge in [0.15, 0.2) is 0 Å². The molecule has 0 saturated heterocycles. The van der Waals surface area contributed by atoms with E-state index < -0.39 is 11.4 Å². The second kappa shape index (κ2) is 6.92. The number of carbonyl (C=O) groups excluding carboxylic acids is 1. The number of aliphatic carboxylic acids is 1. The summed E-state index contributed by atoms with van der Waals surface area (Å²) in [6.45, 7) is 3.36. The van der Waals surface area contributed by atoms with Gasteiger partial charge in [-0.2, -0.15) is 0 Å². The number of carboxylic acids is 1. The largest absolute Gasteiger partial charge is 0.481 e. The van der Waals surface area contributed by atoms with Crippen molar-refractivity contribution in [3.05, 3.63) is 29.8 Å². The number of rotatable bonds is 6. The van der Waals surface area contributed by atoms with Crippen molar-refractivity contribution >= 4 is 17.6 Å². The highest BCUT2D eigenvalue weighted by Crippen LogP contribution is 2.25. The summed E-state index contributed by atoms with van der Waals surface area (Å²) in [6, 6.07) is 6.88. The van der Waals surface area contributed by atoms with Gasteiger partial charge in [0.25, 0.3) is 0 Å². The lowest BCUT2D eigenvalue weighted by atomic mass is 9.85. The highest BCUT2D eigenvalue weighted by molar-refractivity contribution is 5.91. The average Bonchev–Trinajstić information content (AvgIpc) is 2.99. The summed E-state index contributed by atoms with van der Waals surface area (Å²) >= 11 is 0. The zero-order valence-corrected chi connectivity index (χ0v) is 13.1. The third-order valence-electron chi connectivity index (χ3n) is 4.18. The normalized spacial score (nSPS) is 15.7. The van der Waals surface area contributed by atoms with Crippen LogP contribution in [0.1, 0.15) is 45.1 Å². The third kappa shape index (κ3) is 4.07. The standard InChI is InChI=1S/C17H23NO4/c1-17(2,16(20)21)12-7-9-13(10-8-12)18-15(19)11-22-14-5-3-4-6-14/h7-10,14H,3-6,11H2,1-2H3,(H,18,19)(H,20,21). The van der Waals surface area contributed by atoms with Gasteiger partial charge in [0.2, 0.25) is 5.91 Å². The zero-order chi connectivity index (χ0) is 16.2. The Bertz CT molecular complexity index is 530. The quantitative estimate of drug-likeness (QED) is 0.847. The molecule has 5 heteroatoms. The molecule has 120 valence electrons. The monoisotopic (exact) mass is 305 g/mol. The molecule has 1 aliphatic carbocycles. The van der Waals surface area contributed by atoms with Crippen molar-refractivity contribution in [2.75, 3.05) is 11.9 Å². The molecule has 0 radical (unpaired) electrons. The molecule has 0 aliphatic heterocycles. The molecule has 22 heavy (non-hydrogen) atoms. The smallest absolute Gasteiger partial charge is 0.313 e. The maximum absolute atomic E-state index is 11.8. The van der Waals surface area contributed by atoms with Crippen molar-refractivity contribution in [1.29, 1.82) is 0 Å². The molecule has 0 bridgehead atoms. The summed E-state index contributed by atoms with van der Waals surface area (Å²) in [5, 5.41) is 12.0. The lowest BCUT2D eigenvalue weighted by molar-refractivity contribution is -0.142. The Hall–Kier alpha value is -1.88. The number of carbonyl (C=O) groups is 2. The predicted octanol–water partition coefficient (Wildman–Crippen LogP) is 2.95. The lowest BCUT2D eigenvalue weighted by Crippen LogP contribution is -2.28. The van der Waals surface area contributed by atoms with Crippen LogP contribution in [0.15, 0.2) is 24.3 Å². The fourth-order valence-corrected chi connectivity index (χ4v) is 2.54. The number of hydrogen-bond acceptors (Lipinski definition) is 3. The number of hydrogen-bond donors (Lipinski definition) is 2. The Balaban J connectivity index is 1.87. The van der Waals surface area contributed by atoms with Gasteiger partial charge in [0.05, 0.1) is 11.5 Å². The van der Waals surface area contributed by atoms with Gasteiger partial charge in [0, 0.05) is 5.69 Å². The number of ether oxygens (including phenoxy) is 1. The summed E-state index contributed by atoms with van der Waals surface area (Å²) < 4.78 is 5.56. The molecule has 1 aromatic rings. The minimum Gasteiger partial charge on any atom is -0.481 e. The topological polar surface area (TPSA) is 75.6 Å². The van der Waals surface area contributed by atoms with Crippen LogP contribution in [0.2, 0.25) is 0 Å². The van der Waals surface area contributed by atoms with Crippen LogP contribution < -0.4 is 5.32 Å². The van der Waals surface area contributed by atoms with Crippen molar-refractivity contribution in [3.63, 3.8) is 0 Å². The molecule has 2 N–H and O–H groups in total. The van der Waals surface area contributed by atoms with Gasteiger partial charge in [-0.3, -0.25) is 9.59 Å². The van der Waals surface area contributed by atoms with E-state index >= 15 is 0 Å². The van der Waals surface area contributed by atoms with E-state index in [4.69, 9.17) is 4.74 Å². The molecule has 0 atom stereocenters. The highest BCUT2D eigenvalue weighted by atomic mass is 16.5. The zero-order valence-electron chi connectivity index (χ0n) is 13.1. The molecular formula is C17H23NO4. The minimum atomic E-state index is -0.950. The van der Waals surface area contributed by atoms with Crippen LogP contribution in [-0.4, -0.2) is 29.7 Å². The highest BCUT2D eigenvalue weighted by Gasteiger charge is 2.29. The van der Waals surface area contributed by atoms with Crippen LogP contribution in [0.4, 0.5) is 5.69 Å². The van der Waals surface area contributed by atoms with E-state index in [1.54, 1.807) is 38.1 Å². The molecule has 5 nitrogen and oxygen atoms in total. The van der Waals surface area contributed by atoms with E-state index in [0.717, 1.165) is 12.8 Å². The Morgan fingerprint density at radius 2 is 1.82 bits per heavy atom. The number of anilines is 1. The van der Waals surface area contributed by atoms with Crippen molar-refractivity contribution in [3.8, 4) is 0 Å². The Labute approximate surface area is 130 Å². The number of amides is 1. The van der Waals surface area contributed by atoms with E-state index in [-0.39, 0.29) is 18.6 Å². The third-order valence-corrected chi connectivity index (χ3v) is 4.18. The van der Waals surface area contributed by atoms with Crippen molar-refractivity contribution in [2.24, 2.45) is 0 Å². The Morgan fingerprint density at radius 1 is 1.23 bits per heavy atom. The number of nitrogens with one attached hydrogen (secondary N) is 1. The Kier molecular flexibility index (Phi) is 5.19. The summed E-state index contributed by atoms with van der Waals surface area (Å²) in [5.41, 5.74) is 0.388. The first-order chi connectivity index (χ1) is 10.4. The second-order valence-corrected chi connectivity index (χ2v) is 6.27. The molecule has 0 unspecified atom stereocenters. The fraction of sp³-hybridized carbons (Fsp3) is 0.529. The maximum Gasteiger partial charge on any atom is 0.313 e. The van der Waals surface area contributed by atoms with E-state index in [2.05, 4.69) is 5.32 Å². The van der Waals surface area contributed by atoms with Crippen molar-refractivity contribution < 1.29 is 19.4 Å². The first kappa shape index (κ1) is 16.5. The molecule has 1 amide bonds. The molecule has 1 saturated carbocycles. The van der Waals surface area contributed by atoms with Crippen LogP contribution in [0, 0.1) is 0 Å². The van der Waals surface area contributed by atoms with Crippen LogP contribution in [0.5, 0.6) is 0 Å². The summed E-state index contributed by atoms with van der Waals surface area (Å²) in [7, 11) is 0. The molecule has 2 rings (SSSR count). The van der Waals surface area contributed by atoms with E-state index in [1.807, 2.05) is 0 Å². The predicted molar refractivity (Wildman–Crippen MR) is 83.9 cm³/mol. The van der Waals surface area contributed by atoms with E-state index in [0.29, 0.717) is 11.3 Å². The van der Waals surface area contributed by atoms with Crippen molar-refractivity contribution in [2.45, 2.75) is 51.0 Å². The fourth-order valence-electron chi connectivity index (χ4n) is 2.54. The second-order valence-electron chi connectivity index (χ2n) is 6.27. The van der Waals surface area contributed by atoms with Crippen LogP contribution in [0.3, 0.4) is 0 Å². The van der Waals surface area contributed by atoms with Gasteiger partial charge in [0.1, 0.15) is 6.61 Å². The van der Waals surface area contributed by atoms with E-state index in [9.17, 15) is 14.7 Å². The average molecular weight is 305 g/mol. The number of carboxylic acid groups (broad SMARTS) is 1. The van der Waals surface area contributed by atoms with E-state index in [1.165, 1.54) is 12.8 Å². The van der Waals surface area contributed by atoms with Crippen molar-refractivity contribution in [1.82, 2.24) is 0 Å². The van der Waals surface area contributed by atoms with Crippen LogP contribution >= 0.6 is 0 Å². The SMILES string of the molecule is CC(C)(C(=O)O)c1ccc(NC(=O)COC2CCCC2)cc1. The van der Waals surface area contributed by atoms with Crippen LogP contribution in [0.25, 0.3) is 0 Å². The molecule has 1 aliphatic rings. The van der Waals surface area contributed by atoms with Gasteiger partial charge in [-0.15, -0.1) is 0 Å². The minimum absolute atomic E-state index is 0.0625. The van der Waals surface area contributed by atoms with Gasteiger partial charge in [-0.1, -0.05) is 25.0 Å². The maximum atomic E-state index is 11.8. The Morgan fingerprint density at radius 3 is 2.36 bits per heavy atom. The lowest BCUT2D eigenvalue weighted by Gasteiger charge is -2.20.